The summed E-state index contributed by atoms with van der Waals surface area (Å²) >= 11 is 0. The predicted molar refractivity (Wildman–Crippen MR) is 51.1 cm³/mol. The predicted octanol–water partition coefficient (Wildman–Crippen LogP) is 2.33. The monoisotopic (exact) mass is 176 g/mol. The van der Waals surface area contributed by atoms with E-state index >= 15 is 0 Å². The lowest BCUT2D eigenvalue weighted by Gasteiger charge is -2.23. The molecule has 0 aromatic heterocycles. The van der Waals surface area contributed by atoms with Crippen molar-refractivity contribution in [3.05, 3.63) is 48.0 Å². The van der Waals surface area contributed by atoms with E-state index in [9.17, 15) is 5.11 Å². The van der Waals surface area contributed by atoms with Gasteiger partial charge in [-0.2, -0.15) is 0 Å². The van der Waals surface area contributed by atoms with Gasteiger partial charge in [0.1, 0.15) is 11.5 Å². The maximum absolute atomic E-state index is 9.29. The molecule has 0 aromatic rings. The highest BCUT2D eigenvalue weighted by molar-refractivity contribution is 5.32. The second-order valence-corrected chi connectivity index (χ2v) is 3.24. The van der Waals surface area contributed by atoms with E-state index in [-0.39, 0.29) is 5.92 Å². The average Bonchev–Trinajstić information content (AvgIpc) is 2.16. The summed E-state index contributed by atoms with van der Waals surface area (Å²) in [6.45, 7) is 0. The Balaban J connectivity index is 2.25. The Morgan fingerprint density at radius 1 is 1.15 bits per heavy atom. The number of hydrogen-bond acceptors (Lipinski definition) is 2. The summed E-state index contributed by atoms with van der Waals surface area (Å²) in [5.74, 6) is 1.81. The number of methoxy groups -OCH3 is 1. The minimum absolute atomic E-state index is 0.241. The van der Waals surface area contributed by atoms with Gasteiger partial charge < -0.3 is 9.84 Å². The minimum Gasteiger partial charge on any atom is -0.508 e. The molecule has 0 saturated heterocycles. The highest BCUT2D eigenvalue weighted by atomic mass is 16.5. The molecular formula is C11H12O2. The molecule has 2 aliphatic carbocycles. The third-order valence-electron chi connectivity index (χ3n) is 2.37. The van der Waals surface area contributed by atoms with E-state index in [1.807, 2.05) is 24.3 Å². The van der Waals surface area contributed by atoms with Gasteiger partial charge in [-0.05, 0) is 24.3 Å². The molecule has 68 valence electrons. The smallest absolute Gasteiger partial charge is 0.115 e. The Hall–Kier alpha value is -1.44. The Labute approximate surface area is 77.5 Å². The van der Waals surface area contributed by atoms with E-state index in [0.717, 1.165) is 5.76 Å². The summed E-state index contributed by atoms with van der Waals surface area (Å²) in [5, 5.41) is 9.29. The van der Waals surface area contributed by atoms with Crippen LogP contribution in [0.4, 0.5) is 0 Å². The van der Waals surface area contributed by atoms with Gasteiger partial charge >= 0.3 is 0 Å². The third kappa shape index (κ3) is 1.52. The molecule has 2 rings (SSSR count). The summed E-state index contributed by atoms with van der Waals surface area (Å²) in [7, 11) is 1.65. The SMILES string of the molecule is COC1=CC2C=C(O)C=CC2C=C1. The van der Waals surface area contributed by atoms with Crippen LogP contribution in [0.5, 0.6) is 0 Å². The lowest BCUT2D eigenvalue weighted by atomic mass is 9.84. The molecule has 0 fully saturated rings. The summed E-state index contributed by atoms with van der Waals surface area (Å²) in [4.78, 5) is 0. The molecule has 0 bridgehead atoms. The van der Waals surface area contributed by atoms with Gasteiger partial charge in [0.25, 0.3) is 0 Å². The van der Waals surface area contributed by atoms with Gasteiger partial charge in [0, 0.05) is 11.8 Å². The van der Waals surface area contributed by atoms with Crippen molar-refractivity contribution in [3.8, 4) is 0 Å². The fourth-order valence-electron chi connectivity index (χ4n) is 1.64. The minimum atomic E-state index is 0.241. The lowest BCUT2D eigenvalue weighted by molar-refractivity contribution is 0.298. The number of aliphatic hydroxyl groups is 1. The Morgan fingerprint density at radius 2 is 1.92 bits per heavy atom. The molecule has 2 nitrogen and oxygen atoms in total. The van der Waals surface area contributed by atoms with Crippen LogP contribution in [0.15, 0.2) is 48.0 Å². The molecule has 0 aliphatic heterocycles. The normalized spacial score (nSPS) is 30.5. The number of hydrogen-bond donors (Lipinski definition) is 1. The van der Waals surface area contributed by atoms with Gasteiger partial charge in [-0.1, -0.05) is 12.2 Å². The van der Waals surface area contributed by atoms with Crippen LogP contribution in [0.3, 0.4) is 0 Å². The largest absolute Gasteiger partial charge is 0.508 e. The molecule has 0 radical (unpaired) electrons. The van der Waals surface area contributed by atoms with Crippen LogP contribution in [-0.4, -0.2) is 12.2 Å². The van der Waals surface area contributed by atoms with E-state index in [4.69, 9.17) is 4.74 Å². The van der Waals surface area contributed by atoms with Crippen LogP contribution in [0.25, 0.3) is 0 Å². The summed E-state index contributed by atoms with van der Waals surface area (Å²) in [6.07, 6.45) is 11.6. The Bertz CT molecular complexity index is 321. The van der Waals surface area contributed by atoms with Crippen molar-refractivity contribution in [1.29, 1.82) is 0 Å². The van der Waals surface area contributed by atoms with Crippen LogP contribution < -0.4 is 0 Å². The first-order chi connectivity index (χ1) is 6.29. The average molecular weight is 176 g/mol. The second-order valence-electron chi connectivity index (χ2n) is 3.24. The fraction of sp³-hybridized carbons (Fsp3) is 0.273. The molecule has 2 unspecified atom stereocenters. The van der Waals surface area contributed by atoms with E-state index in [1.54, 1.807) is 13.2 Å². The van der Waals surface area contributed by atoms with Crippen molar-refractivity contribution in [2.24, 2.45) is 11.8 Å². The quantitative estimate of drug-likeness (QED) is 0.664. The zero-order valence-corrected chi connectivity index (χ0v) is 7.47. The molecule has 2 aliphatic rings. The van der Waals surface area contributed by atoms with Crippen LogP contribution in [0.2, 0.25) is 0 Å². The molecule has 1 N–H and O–H groups in total. The molecule has 0 aromatic carbocycles. The van der Waals surface area contributed by atoms with Crippen molar-refractivity contribution in [1.82, 2.24) is 0 Å². The first-order valence-corrected chi connectivity index (χ1v) is 4.32. The molecule has 13 heavy (non-hydrogen) atoms. The van der Waals surface area contributed by atoms with Gasteiger partial charge in [0.2, 0.25) is 0 Å². The summed E-state index contributed by atoms with van der Waals surface area (Å²) < 4.78 is 5.11. The van der Waals surface area contributed by atoms with Gasteiger partial charge in [-0.3, -0.25) is 0 Å². The number of allylic oxidation sites excluding steroid dienone is 6. The number of ether oxygens (including phenoxy) is 1. The van der Waals surface area contributed by atoms with Crippen molar-refractivity contribution in [2.75, 3.05) is 7.11 Å². The molecule has 2 atom stereocenters. The van der Waals surface area contributed by atoms with Crippen molar-refractivity contribution >= 4 is 0 Å². The van der Waals surface area contributed by atoms with Crippen LogP contribution in [0.1, 0.15) is 0 Å². The first-order valence-electron chi connectivity index (χ1n) is 4.32. The molecule has 0 heterocycles. The standard InChI is InChI=1S/C11H12O2/c1-13-11-5-3-8-2-4-10(12)6-9(8)7-11/h2-9,12H,1H3. The van der Waals surface area contributed by atoms with Crippen LogP contribution in [-0.2, 0) is 4.74 Å². The van der Waals surface area contributed by atoms with Gasteiger partial charge in [0.05, 0.1) is 7.11 Å². The number of rotatable bonds is 1. The van der Waals surface area contributed by atoms with E-state index < -0.39 is 0 Å². The molecule has 0 amide bonds. The van der Waals surface area contributed by atoms with Crippen molar-refractivity contribution in [3.63, 3.8) is 0 Å². The zero-order valence-electron chi connectivity index (χ0n) is 7.47. The number of fused-ring (bicyclic) bond motifs is 1. The molecule has 0 spiro atoms. The van der Waals surface area contributed by atoms with E-state index in [2.05, 4.69) is 6.08 Å². The lowest BCUT2D eigenvalue weighted by Crippen LogP contribution is -2.13. The topological polar surface area (TPSA) is 29.5 Å². The summed E-state index contributed by atoms with van der Waals surface area (Å²) in [6, 6.07) is 0. The highest BCUT2D eigenvalue weighted by Crippen LogP contribution is 2.29. The van der Waals surface area contributed by atoms with Gasteiger partial charge in [-0.25, -0.2) is 0 Å². The van der Waals surface area contributed by atoms with E-state index in [1.165, 1.54) is 0 Å². The van der Waals surface area contributed by atoms with Crippen molar-refractivity contribution in [2.45, 2.75) is 0 Å². The summed E-state index contributed by atoms with van der Waals surface area (Å²) in [5.41, 5.74) is 0. The molecular weight excluding hydrogens is 164 g/mol. The van der Waals surface area contributed by atoms with E-state index in [0.29, 0.717) is 11.7 Å². The van der Waals surface area contributed by atoms with Crippen LogP contribution in [0, 0.1) is 11.8 Å². The Morgan fingerprint density at radius 3 is 2.69 bits per heavy atom. The molecule has 2 heteroatoms. The fourth-order valence-corrected chi connectivity index (χ4v) is 1.64. The van der Waals surface area contributed by atoms with Crippen molar-refractivity contribution < 1.29 is 9.84 Å². The zero-order chi connectivity index (χ0) is 9.26. The van der Waals surface area contributed by atoms with Gasteiger partial charge in [0.15, 0.2) is 0 Å². The second kappa shape index (κ2) is 3.13. The maximum atomic E-state index is 9.29. The Kier molecular flexibility index (Phi) is 1.97. The first kappa shape index (κ1) is 8.17. The maximum Gasteiger partial charge on any atom is 0.115 e. The van der Waals surface area contributed by atoms with Crippen LogP contribution >= 0.6 is 0 Å². The highest BCUT2D eigenvalue weighted by Gasteiger charge is 2.20. The third-order valence-corrected chi connectivity index (χ3v) is 2.37. The number of aliphatic hydroxyl groups excluding tert-OH is 1. The van der Waals surface area contributed by atoms with Gasteiger partial charge in [-0.15, -0.1) is 0 Å². The molecule has 0 saturated carbocycles.